The lowest BCUT2D eigenvalue weighted by molar-refractivity contribution is 0.0445. The summed E-state index contributed by atoms with van der Waals surface area (Å²) >= 11 is 3.28. The van der Waals surface area contributed by atoms with E-state index in [-0.39, 0.29) is 17.8 Å². The smallest absolute Gasteiger partial charge is 0.408 e. The number of methoxy groups -OCH3 is 1. The van der Waals surface area contributed by atoms with Gasteiger partial charge in [0.2, 0.25) is 0 Å². The van der Waals surface area contributed by atoms with Crippen molar-refractivity contribution in [3.63, 3.8) is 0 Å². The van der Waals surface area contributed by atoms with Crippen molar-refractivity contribution in [2.24, 2.45) is 0 Å². The van der Waals surface area contributed by atoms with E-state index < -0.39 is 40.7 Å². The molecule has 1 aromatic carbocycles. The highest BCUT2D eigenvalue weighted by molar-refractivity contribution is 9.10. The summed E-state index contributed by atoms with van der Waals surface area (Å²) in [6, 6.07) is 4.18. The summed E-state index contributed by atoms with van der Waals surface area (Å²) in [5.74, 6) is -3.00. The molecule has 0 spiro atoms. The van der Waals surface area contributed by atoms with Crippen LogP contribution in [-0.2, 0) is 21.6 Å². The molecule has 0 aliphatic heterocycles. The number of benzene rings is 1. The minimum Gasteiger partial charge on any atom is -0.476 e. The molecular formula is C20H23BrFN3O6. The minimum atomic E-state index is -1.46. The van der Waals surface area contributed by atoms with E-state index in [2.05, 4.69) is 31.0 Å². The fraction of sp³-hybridized carbons (Fsp3) is 0.400. The number of aromatic nitrogens is 2. The van der Waals surface area contributed by atoms with Crippen LogP contribution in [0.5, 0.6) is 0 Å². The molecule has 11 heteroatoms. The molecule has 31 heavy (non-hydrogen) atoms. The standard InChI is InChI=1S/C20H23BrFN3O6/c1-19(2,3)31-18(29)24-20(4,12-8-11(21)6-7-13(12)22)9-25-10-23-14(16(26)27)15(25)17(28)30-5/h6-8,10H,9H2,1-5H3,(H,24,29)(H,26,27)/t20-/m0/s1. The molecule has 2 aromatic rings. The zero-order valence-corrected chi connectivity index (χ0v) is 19.2. The number of aromatic carboxylic acids is 1. The van der Waals surface area contributed by atoms with Crippen LogP contribution >= 0.6 is 15.9 Å². The van der Waals surface area contributed by atoms with E-state index in [4.69, 9.17) is 4.74 Å². The Morgan fingerprint density at radius 2 is 1.90 bits per heavy atom. The Kier molecular flexibility index (Phi) is 7.10. The van der Waals surface area contributed by atoms with Gasteiger partial charge < -0.3 is 24.5 Å². The predicted molar refractivity (Wildman–Crippen MR) is 111 cm³/mol. The Hall–Kier alpha value is -2.95. The number of nitrogens with one attached hydrogen (secondary N) is 1. The molecule has 0 bridgehead atoms. The van der Waals surface area contributed by atoms with Crippen molar-refractivity contribution in [3.05, 3.63) is 51.8 Å². The lowest BCUT2D eigenvalue weighted by Gasteiger charge is -2.33. The molecule has 2 rings (SSSR count). The zero-order valence-electron chi connectivity index (χ0n) is 17.7. The van der Waals surface area contributed by atoms with Gasteiger partial charge in [-0.15, -0.1) is 0 Å². The summed E-state index contributed by atoms with van der Waals surface area (Å²) in [6.07, 6.45) is 0.285. The molecular weight excluding hydrogens is 477 g/mol. The van der Waals surface area contributed by atoms with Crippen LogP contribution in [0, 0.1) is 5.82 Å². The predicted octanol–water partition coefficient (Wildman–Crippen LogP) is 3.71. The van der Waals surface area contributed by atoms with Crippen LogP contribution in [-0.4, -0.2) is 45.4 Å². The number of hydrogen-bond donors (Lipinski definition) is 2. The second-order valence-corrected chi connectivity index (χ2v) is 8.87. The number of carbonyl (C=O) groups is 3. The van der Waals surface area contributed by atoms with E-state index >= 15 is 0 Å². The van der Waals surface area contributed by atoms with Crippen LogP contribution in [0.25, 0.3) is 0 Å². The number of carbonyl (C=O) groups excluding carboxylic acids is 2. The van der Waals surface area contributed by atoms with Crippen molar-refractivity contribution in [1.82, 2.24) is 14.9 Å². The van der Waals surface area contributed by atoms with Gasteiger partial charge in [0.25, 0.3) is 0 Å². The van der Waals surface area contributed by atoms with Crippen molar-refractivity contribution < 1.29 is 33.4 Å². The Labute approximate surface area is 186 Å². The van der Waals surface area contributed by atoms with E-state index in [0.717, 1.165) is 13.4 Å². The molecule has 9 nitrogen and oxygen atoms in total. The van der Waals surface area contributed by atoms with E-state index in [1.165, 1.54) is 29.7 Å². The molecule has 168 valence electrons. The number of carboxylic acids is 1. The topological polar surface area (TPSA) is 120 Å². The molecule has 1 atom stereocenters. The largest absolute Gasteiger partial charge is 0.476 e. The van der Waals surface area contributed by atoms with Crippen LogP contribution in [0.3, 0.4) is 0 Å². The number of nitrogens with zero attached hydrogens (tertiary/aromatic N) is 2. The third kappa shape index (κ3) is 5.81. The van der Waals surface area contributed by atoms with Crippen LogP contribution in [0.2, 0.25) is 0 Å². The van der Waals surface area contributed by atoms with Gasteiger partial charge in [-0.1, -0.05) is 15.9 Å². The highest BCUT2D eigenvalue weighted by Crippen LogP contribution is 2.30. The van der Waals surface area contributed by atoms with Gasteiger partial charge in [0.1, 0.15) is 11.4 Å². The van der Waals surface area contributed by atoms with Crippen molar-refractivity contribution in [3.8, 4) is 0 Å². The van der Waals surface area contributed by atoms with E-state index in [1.54, 1.807) is 20.8 Å². The maximum absolute atomic E-state index is 14.8. The fourth-order valence-corrected chi connectivity index (χ4v) is 3.31. The fourth-order valence-electron chi connectivity index (χ4n) is 2.95. The zero-order chi connectivity index (χ0) is 23.6. The molecule has 1 aromatic heterocycles. The highest BCUT2D eigenvalue weighted by atomic mass is 79.9. The Morgan fingerprint density at radius 1 is 1.26 bits per heavy atom. The highest BCUT2D eigenvalue weighted by Gasteiger charge is 2.36. The normalized spacial score (nSPS) is 13.3. The molecule has 0 aliphatic carbocycles. The average molecular weight is 500 g/mol. The van der Waals surface area contributed by atoms with Gasteiger partial charge in [0.15, 0.2) is 11.4 Å². The van der Waals surface area contributed by atoms with Crippen molar-refractivity contribution in [2.45, 2.75) is 45.4 Å². The first-order valence-electron chi connectivity index (χ1n) is 9.11. The van der Waals surface area contributed by atoms with E-state index in [1.807, 2.05) is 0 Å². The number of ether oxygens (including phenoxy) is 2. The molecule has 0 saturated carbocycles. The Bertz CT molecular complexity index is 1020. The van der Waals surface area contributed by atoms with Gasteiger partial charge in [-0.2, -0.15) is 0 Å². The maximum atomic E-state index is 14.8. The van der Waals surface area contributed by atoms with Gasteiger partial charge in [-0.05, 0) is 45.9 Å². The summed E-state index contributed by atoms with van der Waals surface area (Å²) < 4.78 is 26.5. The minimum absolute atomic E-state index is 0.0779. The molecule has 0 radical (unpaired) electrons. The monoisotopic (exact) mass is 499 g/mol. The van der Waals surface area contributed by atoms with Crippen LogP contribution in [0.15, 0.2) is 29.0 Å². The average Bonchev–Trinajstić information content (AvgIpc) is 3.04. The number of hydrogen-bond acceptors (Lipinski definition) is 6. The summed E-state index contributed by atoms with van der Waals surface area (Å²) in [5.41, 5.74) is -3.07. The van der Waals surface area contributed by atoms with Gasteiger partial charge >= 0.3 is 18.0 Å². The summed E-state index contributed by atoms with van der Waals surface area (Å²) in [5, 5.41) is 12.0. The van der Waals surface area contributed by atoms with Gasteiger partial charge in [-0.3, -0.25) is 0 Å². The molecule has 0 fully saturated rings. The number of imidazole rings is 1. The first kappa shape index (κ1) is 24.3. The molecule has 1 amide bonds. The van der Waals surface area contributed by atoms with Crippen LogP contribution in [0.4, 0.5) is 9.18 Å². The number of rotatable bonds is 6. The lowest BCUT2D eigenvalue weighted by atomic mass is 9.91. The Balaban J connectivity index is 2.59. The molecule has 2 N–H and O–H groups in total. The van der Waals surface area contributed by atoms with Crippen molar-refractivity contribution in [1.29, 1.82) is 0 Å². The Morgan fingerprint density at radius 3 is 2.45 bits per heavy atom. The second kappa shape index (κ2) is 9.04. The van der Waals surface area contributed by atoms with Gasteiger partial charge in [0.05, 0.1) is 25.5 Å². The second-order valence-electron chi connectivity index (χ2n) is 7.95. The molecule has 0 unspecified atom stereocenters. The van der Waals surface area contributed by atoms with Crippen molar-refractivity contribution >= 4 is 34.0 Å². The van der Waals surface area contributed by atoms with Crippen LogP contribution < -0.4 is 5.32 Å². The molecule has 1 heterocycles. The van der Waals surface area contributed by atoms with Gasteiger partial charge in [-0.25, -0.2) is 23.8 Å². The first-order valence-corrected chi connectivity index (χ1v) is 9.90. The quantitative estimate of drug-likeness (QED) is 0.581. The number of amides is 1. The maximum Gasteiger partial charge on any atom is 0.408 e. The summed E-state index contributed by atoms with van der Waals surface area (Å²) in [4.78, 5) is 40.0. The van der Waals surface area contributed by atoms with E-state index in [9.17, 15) is 23.9 Å². The number of halogens is 2. The number of alkyl carbamates (subject to hydrolysis) is 1. The van der Waals surface area contributed by atoms with E-state index in [0.29, 0.717) is 4.47 Å². The third-order valence-electron chi connectivity index (χ3n) is 4.21. The summed E-state index contributed by atoms with van der Waals surface area (Å²) in [7, 11) is 1.09. The molecule has 0 aliphatic rings. The third-order valence-corrected chi connectivity index (χ3v) is 4.70. The SMILES string of the molecule is COC(=O)c1c(C(=O)O)ncn1C[C@](C)(NC(=O)OC(C)(C)C)c1cc(Br)ccc1F. The first-order chi connectivity index (χ1) is 14.3. The van der Waals surface area contributed by atoms with Crippen LogP contribution in [0.1, 0.15) is 54.2 Å². The molecule has 0 saturated heterocycles. The van der Waals surface area contributed by atoms with Crippen molar-refractivity contribution in [2.75, 3.05) is 7.11 Å². The number of carboxylic acid groups (broad SMARTS) is 1. The van der Waals surface area contributed by atoms with Gasteiger partial charge in [0, 0.05) is 10.0 Å². The summed E-state index contributed by atoms with van der Waals surface area (Å²) in [6.45, 7) is 6.30. The lowest BCUT2D eigenvalue weighted by Crippen LogP contribution is -2.49. The number of esters is 1.